The maximum Gasteiger partial charge on any atom is 0.343 e. The average molecular weight is 314 g/mol. The largest absolute Gasteiger partial charge is 0.491 e. The topological polar surface area (TPSA) is 72.8 Å². The van der Waals surface area contributed by atoms with Crippen LogP contribution < -0.4 is 9.47 Å². The van der Waals surface area contributed by atoms with E-state index in [4.69, 9.17) is 14.6 Å². The second kappa shape index (κ2) is 7.45. The number of carbonyl (C=O) groups excluding carboxylic acids is 1. The minimum absolute atomic E-state index is 0.0123. The lowest BCUT2D eigenvalue weighted by Crippen LogP contribution is -2.13. The first kappa shape index (κ1) is 16.5. The molecule has 0 heterocycles. The second-order valence-corrected chi connectivity index (χ2v) is 5.06. The fourth-order valence-corrected chi connectivity index (χ4v) is 1.90. The number of rotatable bonds is 6. The van der Waals surface area contributed by atoms with Crippen LogP contribution in [0.1, 0.15) is 41.0 Å². The summed E-state index contributed by atoms with van der Waals surface area (Å²) in [6.45, 7) is 3.94. The lowest BCUT2D eigenvalue weighted by molar-refractivity contribution is 0.0681. The SMILES string of the molecule is CCC(C)Oc1cccc(C(=O)Oc2ccccc2C(=O)O)c1. The van der Waals surface area contributed by atoms with Crippen molar-refractivity contribution >= 4 is 11.9 Å². The quantitative estimate of drug-likeness (QED) is 0.649. The summed E-state index contributed by atoms with van der Waals surface area (Å²) >= 11 is 0. The van der Waals surface area contributed by atoms with E-state index < -0.39 is 11.9 Å². The van der Waals surface area contributed by atoms with Crippen molar-refractivity contribution in [2.24, 2.45) is 0 Å². The van der Waals surface area contributed by atoms with E-state index >= 15 is 0 Å². The standard InChI is InChI=1S/C18H18O5/c1-3-12(2)22-14-8-6-7-13(11-14)18(21)23-16-10-5-4-9-15(16)17(19)20/h4-12H,3H2,1-2H3,(H,19,20). The van der Waals surface area contributed by atoms with Crippen LogP contribution in [0.4, 0.5) is 0 Å². The highest BCUT2D eigenvalue weighted by molar-refractivity contribution is 5.95. The van der Waals surface area contributed by atoms with E-state index in [0.29, 0.717) is 11.3 Å². The number of carbonyl (C=O) groups is 2. The molecule has 0 fully saturated rings. The van der Waals surface area contributed by atoms with Crippen molar-refractivity contribution in [3.63, 3.8) is 0 Å². The predicted molar refractivity (Wildman–Crippen MR) is 85.2 cm³/mol. The average Bonchev–Trinajstić information content (AvgIpc) is 2.55. The van der Waals surface area contributed by atoms with Crippen molar-refractivity contribution in [3.05, 3.63) is 59.7 Å². The van der Waals surface area contributed by atoms with Gasteiger partial charge in [-0.15, -0.1) is 0 Å². The maximum absolute atomic E-state index is 12.2. The van der Waals surface area contributed by atoms with E-state index in [1.807, 2.05) is 13.8 Å². The fraction of sp³-hybridized carbons (Fsp3) is 0.222. The molecule has 0 saturated carbocycles. The first-order valence-electron chi connectivity index (χ1n) is 7.32. The van der Waals surface area contributed by atoms with Gasteiger partial charge in [-0.3, -0.25) is 0 Å². The maximum atomic E-state index is 12.2. The number of aromatic carboxylic acids is 1. The monoisotopic (exact) mass is 314 g/mol. The van der Waals surface area contributed by atoms with Gasteiger partial charge in [-0.05, 0) is 43.7 Å². The molecule has 23 heavy (non-hydrogen) atoms. The Bertz CT molecular complexity index is 708. The third kappa shape index (κ3) is 4.32. The number of ether oxygens (including phenoxy) is 2. The van der Waals surface area contributed by atoms with Crippen LogP contribution in [0.5, 0.6) is 11.5 Å². The second-order valence-electron chi connectivity index (χ2n) is 5.06. The Morgan fingerprint density at radius 1 is 1.13 bits per heavy atom. The molecule has 1 atom stereocenters. The van der Waals surface area contributed by atoms with Gasteiger partial charge in [0.25, 0.3) is 0 Å². The summed E-state index contributed by atoms with van der Waals surface area (Å²) in [6.07, 6.45) is 0.884. The highest BCUT2D eigenvalue weighted by Crippen LogP contribution is 2.21. The van der Waals surface area contributed by atoms with Gasteiger partial charge in [0.1, 0.15) is 17.1 Å². The summed E-state index contributed by atoms with van der Waals surface area (Å²) in [4.78, 5) is 23.4. The number of carboxylic acid groups (broad SMARTS) is 1. The predicted octanol–water partition coefficient (Wildman–Crippen LogP) is 3.78. The van der Waals surface area contributed by atoms with Crippen LogP contribution in [0.15, 0.2) is 48.5 Å². The molecule has 2 rings (SSSR count). The molecule has 0 aromatic heterocycles. The Balaban J connectivity index is 2.18. The molecular formula is C18H18O5. The van der Waals surface area contributed by atoms with Crippen molar-refractivity contribution in [2.75, 3.05) is 0 Å². The van der Waals surface area contributed by atoms with Crippen molar-refractivity contribution in [3.8, 4) is 11.5 Å². The van der Waals surface area contributed by atoms with E-state index in [0.717, 1.165) is 6.42 Å². The molecule has 0 amide bonds. The molecule has 5 heteroatoms. The van der Waals surface area contributed by atoms with Gasteiger partial charge in [0.15, 0.2) is 0 Å². The normalized spacial score (nSPS) is 11.6. The van der Waals surface area contributed by atoms with Crippen LogP contribution in [-0.4, -0.2) is 23.1 Å². The molecule has 0 spiro atoms. The zero-order valence-corrected chi connectivity index (χ0v) is 13.0. The first-order chi connectivity index (χ1) is 11.0. The third-order valence-electron chi connectivity index (χ3n) is 3.30. The summed E-state index contributed by atoms with van der Waals surface area (Å²) in [5.41, 5.74) is 0.235. The van der Waals surface area contributed by atoms with E-state index in [1.165, 1.54) is 12.1 Å². The summed E-state index contributed by atoms with van der Waals surface area (Å²) in [5, 5.41) is 9.11. The van der Waals surface area contributed by atoms with E-state index in [2.05, 4.69) is 0 Å². The van der Waals surface area contributed by atoms with Crippen molar-refractivity contribution in [2.45, 2.75) is 26.4 Å². The Morgan fingerprint density at radius 3 is 2.57 bits per heavy atom. The van der Waals surface area contributed by atoms with Crippen LogP contribution in [0.25, 0.3) is 0 Å². The van der Waals surface area contributed by atoms with Gasteiger partial charge in [-0.2, -0.15) is 0 Å². The highest BCUT2D eigenvalue weighted by Gasteiger charge is 2.16. The Morgan fingerprint density at radius 2 is 1.87 bits per heavy atom. The minimum Gasteiger partial charge on any atom is -0.491 e. The molecule has 0 aliphatic heterocycles. The smallest absolute Gasteiger partial charge is 0.343 e. The lowest BCUT2D eigenvalue weighted by atomic mass is 10.2. The first-order valence-corrected chi connectivity index (χ1v) is 7.32. The molecule has 0 aliphatic carbocycles. The number of benzene rings is 2. The molecule has 2 aromatic carbocycles. The fourth-order valence-electron chi connectivity index (χ4n) is 1.90. The van der Waals surface area contributed by atoms with Crippen LogP contribution in [0.2, 0.25) is 0 Å². The van der Waals surface area contributed by atoms with Crippen LogP contribution in [0.3, 0.4) is 0 Å². The number of para-hydroxylation sites is 1. The summed E-state index contributed by atoms with van der Waals surface area (Å²) in [6, 6.07) is 12.6. The van der Waals surface area contributed by atoms with Crippen LogP contribution in [0, 0.1) is 0 Å². The third-order valence-corrected chi connectivity index (χ3v) is 3.30. The van der Waals surface area contributed by atoms with E-state index in [1.54, 1.807) is 36.4 Å². The van der Waals surface area contributed by atoms with Gasteiger partial charge >= 0.3 is 11.9 Å². The lowest BCUT2D eigenvalue weighted by Gasteiger charge is -2.13. The van der Waals surface area contributed by atoms with Gasteiger partial charge in [0.05, 0.1) is 11.7 Å². The van der Waals surface area contributed by atoms with Crippen molar-refractivity contribution in [1.82, 2.24) is 0 Å². The van der Waals surface area contributed by atoms with Crippen molar-refractivity contribution in [1.29, 1.82) is 0 Å². The Kier molecular flexibility index (Phi) is 5.36. The van der Waals surface area contributed by atoms with Gasteiger partial charge in [-0.25, -0.2) is 9.59 Å². The van der Waals surface area contributed by atoms with Gasteiger partial charge in [0.2, 0.25) is 0 Å². The molecule has 120 valence electrons. The van der Waals surface area contributed by atoms with Gasteiger partial charge in [0, 0.05) is 0 Å². The summed E-state index contributed by atoms with van der Waals surface area (Å²) in [5.74, 6) is -1.20. The molecule has 1 N–H and O–H groups in total. The summed E-state index contributed by atoms with van der Waals surface area (Å²) in [7, 11) is 0. The summed E-state index contributed by atoms with van der Waals surface area (Å²) < 4.78 is 10.9. The van der Waals surface area contributed by atoms with E-state index in [-0.39, 0.29) is 17.4 Å². The zero-order valence-electron chi connectivity index (χ0n) is 13.0. The molecule has 0 bridgehead atoms. The zero-order chi connectivity index (χ0) is 16.8. The molecule has 1 unspecified atom stereocenters. The number of esters is 1. The minimum atomic E-state index is -1.15. The van der Waals surface area contributed by atoms with Crippen molar-refractivity contribution < 1.29 is 24.2 Å². The number of carboxylic acids is 1. The molecule has 0 saturated heterocycles. The van der Waals surface area contributed by atoms with E-state index in [9.17, 15) is 9.59 Å². The molecule has 5 nitrogen and oxygen atoms in total. The van der Waals surface area contributed by atoms with Crippen LogP contribution in [-0.2, 0) is 0 Å². The Hall–Kier alpha value is -2.82. The Labute approximate surface area is 134 Å². The number of hydrogen-bond acceptors (Lipinski definition) is 4. The molecule has 2 aromatic rings. The van der Waals surface area contributed by atoms with Crippen LogP contribution >= 0.6 is 0 Å². The molecule has 0 aliphatic rings. The van der Waals surface area contributed by atoms with Gasteiger partial charge < -0.3 is 14.6 Å². The number of hydrogen-bond donors (Lipinski definition) is 1. The highest BCUT2D eigenvalue weighted by atomic mass is 16.5. The molecule has 0 radical (unpaired) electrons. The van der Waals surface area contributed by atoms with Gasteiger partial charge in [-0.1, -0.05) is 25.1 Å². The molecular weight excluding hydrogens is 296 g/mol.